The molecule has 0 aliphatic rings. The van der Waals surface area contributed by atoms with Crippen LogP contribution in [-0.2, 0) is 9.59 Å². The second-order valence-corrected chi connectivity index (χ2v) is 4.67. The molecule has 1 aromatic carbocycles. The SMILES string of the molecule is Cc1cccc(NC(=O)C[C@@H]([NH2+]CCO)C(=O)[O-])c1C. The van der Waals surface area contributed by atoms with Crippen LogP contribution in [0.4, 0.5) is 5.69 Å². The number of amides is 1. The van der Waals surface area contributed by atoms with Crippen LogP contribution >= 0.6 is 0 Å². The lowest BCUT2D eigenvalue weighted by molar-refractivity contribution is -0.683. The maximum atomic E-state index is 11.9. The van der Waals surface area contributed by atoms with Crippen LogP contribution < -0.4 is 15.7 Å². The molecule has 0 heterocycles. The van der Waals surface area contributed by atoms with Gasteiger partial charge < -0.3 is 25.6 Å². The number of nitrogens with one attached hydrogen (secondary N) is 1. The van der Waals surface area contributed by atoms with E-state index in [4.69, 9.17) is 5.11 Å². The lowest BCUT2D eigenvalue weighted by Crippen LogP contribution is -2.94. The molecule has 110 valence electrons. The van der Waals surface area contributed by atoms with E-state index in [2.05, 4.69) is 5.32 Å². The Hall–Kier alpha value is -1.92. The molecule has 0 radical (unpaired) electrons. The maximum Gasteiger partial charge on any atom is 0.230 e. The topological polar surface area (TPSA) is 106 Å². The molecule has 20 heavy (non-hydrogen) atoms. The van der Waals surface area contributed by atoms with Crippen molar-refractivity contribution in [1.29, 1.82) is 0 Å². The largest absolute Gasteiger partial charge is 0.544 e. The van der Waals surface area contributed by atoms with Crippen molar-refractivity contribution >= 4 is 17.6 Å². The summed E-state index contributed by atoms with van der Waals surface area (Å²) >= 11 is 0. The van der Waals surface area contributed by atoms with Crippen molar-refractivity contribution in [1.82, 2.24) is 0 Å². The van der Waals surface area contributed by atoms with Crippen LogP contribution in [-0.4, -0.2) is 36.2 Å². The second-order valence-electron chi connectivity index (χ2n) is 4.67. The number of carboxylic acid groups (broad SMARTS) is 1. The molecule has 1 atom stereocenters. The average molecular weight is 280 g/mol. The van der Waals surface area contributed by atoms with E-state index in [1.165, 1.54) is 5.32 Å². The molecule has 0 fully saturated rings. The van der Waals surface area contributed by atoms with Crippen molar-refractivity contribution in [2.24, 2.45) is 0 Å². The fourth-order valence-electron chi connectivity index (χ4n) is 1.83. The Bertz CT molecular complexity index is 488. The zero-order chi connectivity index (χ0) is 15.1. The van der Waals surface area contributed by atoms with Gasteiger partial charge in [0.2, 0.25) is 5.91 Å². The van der Waals surface area contributed by atoms with Gasteiger partial charge in [-0.1, -0.05) is 12.1 Å². The van der Waals surface area contributed by atoms with E-state index >= 15 is 0 Å². The van der Waals surface area contributed by atoms with Gasteiger partial charge in [-0.2, -0.15) is 0 Å². The van der Waals surface area contributed by atoms with Crippen LogP contribution in [0.5, 0.6) is 0 Å². The van der Waals surface area contributed by atoms with Gasteiger partial charge in [0.25, 0.3) is 0 Å². The highest BCUT2D eigenvalue weighted by atomic mass is 16.4. The minimum atomic E-state index is -1.31. The number of anilines is 1. The summed E-state index contributed by atoms with van der Waals surface area (Å²) < 4.78 is 0. The van der Waals surface area contributed by atoms with Crippen LogP contribution in [0.2, 0.25) is 0 Å². The summed E-state index contributed by atoms with van der Waals surface area (Å²) in [6, 6.07) is 4.54. The summed E-state index contributed by atoms with van der Waals surface area (Å²) in [5.41, 5.74) is 2.67. The van der Waals surface area contributed by atoms with E-state index in [-0.39, 0.29) is 25.5 Å². The number of aliphatic carboxylic acids is 1. The number of benzene rings is 1. The number of rotatable bonds is 7. The lowest BCUT2D eigenvalue weighted by atomic mass is 10.1. The molecule has 0 saturated heterocycles. The molecule has 0 aliphatic carbocycles. The molecular weight excluding hydrogens is 260 g/mol. The summed E-state index contributed by atoms with van der Waals surface area (Å²) in [4.78, 5) is 22.8. The molecule has 1 amide bonds. The molecule has 6 heteroatoms. The number of carbonyl (C=O) groups excluding carboxylic acids is 2. The van der Waals surface area contributed by atoms with Crippen molar-refractivity contribution in [3.63, 3.8) is 0 Å². The lowest BCUT2D eigenvalue weighted by Gasteiger charge is -2.16. The molecule has 0 spiro atoms. The molecule has 0 aliphatic heterocycles. The molecular formula is C14H20N2O4. The van der Waals surface area contributed by atoms with Gasteiger partial charge in [-0.15, -0.1) is 0 Å². The number of hydrogen-bond acceptors (Lipinski definition) is 4. The predicted molar refractivity (Wildman–Crippen MR) is 71.8 cm³/mol. The van der Waals surface area contributed by atoms with E-state index in [0.717, 1.165) is 11.1 Å². The van der Waals surface area contributed by atoms with Gasteiger partial charge in [-0.25, -0.2) is 0 Å². The Morgan fingerprint density at radius 2 is 2.10 bits per heavy atom. The second kappa shape index (κ2) is 7.62. The van der Waals surface area contributed by atoms with E-state index in [1.807, 2.05) is 26.0 Å². The number of hydrogen-bond donors (Lipinski definition) is 3. The number of aliphatic hydroxyl groups is 1. The van der Waals surface area contributed by atoms with Crippen molar-refractivity contribution in [3.8, 4) is 0 Å². The number of quaternary nitrogens is 1. The van der Waals surface area contributed by atoms with Gasteiger partial charge in [0, 0.05) is 5.69 Å². The van der Waals surface area contributed by atoms with Crippen LogP contribution in [0.3, 0.4) is 0 Å². The van der Waals surface area contributed by atoms with Crippen LogP contribution in [0.15, 0.2) is 18.2 Å². The molecule has 1 rings (SSSR count). The van der Waals surface area contributed by atoms with Gasteiger partial charge in [0.1, 0.15) is 6.04 Å². The number of carboxylic acids is 1. The molecule has 0 saturated carbocycles. The van der Waals surface area contributed by atoms with Crippen molar-refractivity contribution < 1.29 is 25.1 Å². The Morgan fingerprint density at radius 3 is 2.70 bits per heavy atom. The maximum absolute atomic E-state index is 11.9. The van der Waals surface area contributed by atoms with Crippen LogP contribution in [0, 0.1) is 13.8 Å². The molecule has 4 N–H and O–H groups in total. The monoisotopic (exact) mass is 280 g/mol. The third-order valence-electron chi connectivity index (χ3n) is 3.17. The summed E-state index contributed by atoms with van der Waals surface area (Å²) in [6.07, 6.45) is -0.199. The Kier molecular flexibility index (Phi) is 6.14. The normalized spacial score (nSPS) is 11.9. The smallest absolute Gasteiger partial charge is 0.230 e. The highest BCUT2D eigenvalue weighted by Crippen LogP contribution is 2.18. The Morgan fingerprint density at radius 1 is 1.40 bits per heavy atom. The molecule has 6 nitrogen and oxygen atoms in total. The standard InChI is InChI=1S/C14H20N2O4/c1-9-4-3-5-11(10(9)2)16-13(18)8-12(14(19)20)15-6-7-17/h3-5,12,15,17H,6-8H2,1-2H3,(H,16,18)(H,19,20)/t12-/m1/s1. The summed E-state index contributed by atoms with van der Waals surface area (Å²) in [5, 5.41) is 23.7. The van der Waals surface area contributed by atoms with E-state index < -0.39 is 12.0 Å². The highest BCUT2D eigenvalue weighted by molar-refractivity contribution is 5.94. The van der Waals surface area contributed by atoms with Crippen LogP contribution in [0.25, 0.3) is 0 Å². The summed E-state index contributed by atoms with van der Waals surface area (Å²) in [5.74, 6) is -1.70. The summed E-state index contributed by atoms with van der Waals surface area (Å²) in [7, 11) is 0. The number of aliphatic hydroxyl groups excluding tert-OH is 1. The minimum Gasteiger partial charge on any atom is -0.544 e. The first-order valence-electron chi connectivity index (χ1n) is 6.46. The van der Waals surface area contributed by atoms with Gasteiger partial charge in [0.05, 0.1) is 25.5 Å². The first-order chi connectivity index (χ1) is 9.45. The molecule has 0 bridgehead atoms. The first-order valence-corrected chi connectivity index (χ1v) is 6.46. The van der Waals surface area contributed by atoms with Gasteiger partial charge in [-0.3, -0.25) is 4.79 Å². The minimum absolute atomic E-state index is 0.150. The average Bonchev–Trinajstić information content (AvgIpc) is 2.39. The Labute approximate surface area is 117 Å². The van der Waals surface area contributed by atoms with E-state index in [0.29, 0.717) is 5.69 Å². The molecule has 0 unspecified atom stereocenters. The highest BCUT2D eigenvalue weighted by Gasteiger charge is 2.18. The summed E-state index contributed by atoms with van der Waals surface area (Å²) in [6.45, 7) is 3.89. The van der Waals surface area contributed by atoms with Gasteiger partial charge in [-0.05, 0) is 31.0 Å². The third kappa shape index (κ3) is 4.64. The van der Waals surface area contributed by atoms with E-state index in [1.54, 1.807) is 6.07 Å². The zero-order valence-corrected chi connectivity index (χ0v) is 11.7. The predicted octanol–water partition coefficient (Wildman–Crippen LogP) is -1.69. The van der Waals surface area contributed by atoms with Crippen molar-refractivity contribution in [2.45, 2.75) is 26.3 Å². The fraction of sp³-hybridized carbons (Fsp3) is 0.429. The number of carbonyl (C=O) groups is 2. The number of nitrogens with two attached hydrogens (primary N) is 1. The van der Waals surface area contributed by atoms with Gasteiger partial charge in [0.15, 0.2) is 0 Å². The quantitative estimate of drug-likeness (QED) is 0.554. The molecule has 0 aromatic heterocycles. The zero-order valence-electron chi connectivity index (χ0n) is 11.7. The fourth-order valence-corrected chi connectivity index (χ4v) is 1.83. The van der Waals surface area contributed by atoms with Crippen molar-refractivity contribution in [3.05, 3.63) is 29.3 Å². The van der Waals surface area contributed by atoms with E-state index in [9.17, 15) is 14.7 Å². The van der Waals surface area contributed by atoms with Crippen molar-refractivity contribution in [2.75, 3.05) is 18.5 Å². The third-order valence-corrected chi connectivity index (χ3v) is 3.17. The Balaban J connectivity index is 2.66. The number of aryl methyl sites for hydroxylation is 1. The van der Waals surface area contributed by atoms with Gasteiger partial charge >= 0.3 is 0 Å². The molecule has 1 aromatic rings. The van der Waals surface area contributed by atoms with Crippen LogP contribution in [0.1, 0.15) is 17.5 Å². The first kappa shape index (κ1) is 16.1.